The fraction of sp³-hybridized carbons (Fsp3) is 0.455. The first-order valence-corrected chi connectivity index (χ1v) is 5.49. The summed E-state index contributed by atoms with van der Waals surface area (Å²) >= 11 is 5.82. The summed E-state index contributed by atoms with van der Waals surface area (Å²) in [7, 11) is 0. The van der Waals surface area contributed by atoms with Gasteiger partial charge in [-0.1, -0.05) is 18.5 Å². The Bertz CT molecular complexity index is 461. The van der Waals surface area contributed by atoms with Gasteiger partial charge in [-0.25, -0.2) is 0 Å². The van der Waals surface area contributed by atoms with E-state index in [-0.39, 0.29) is 16.3 Å². The molecule has 1 aromatic carbocycles. The Morgan fingerprint density at radius 3 is 2.88 bits per heavy atom. The third-order valence-corrected chi connectivity index (χ3v) is 3.30. The van der Waals surface area contributed by atoms with E-state index in [9.17, 15) is 10.1 Å². The smallest absolute Gasteiger partial charge is 0.288 e. The van der Waals surface area contributed by atoms with Gasteiger partial charge in [0.2, 0.25) is 0 Å². The maximum Gasteiger partial charge on any atom is 0.288 e. The number of halogens is 1. The van der Waals surface area contributed by atoms with Crippen molar-refractivity contribution in [1.29, 1.82) is 0 Å². The Morgan fingerprint density at radius 1 is 1.62 bits per heavy atom. The van der Waals surface area contributed by atoms with E-state index in [4.69, 9.17) is 16.3 Å². The normalized spacial score (nSPS) is 22.7. The quantitative estimate of drug-likeness (QED) is 0.589. The lowest BCUT2D eigenvalue weighted by molar-refractivity contribution is -0.384. The molecule has 0 fully saturated rings. The molecule has 0 bridgehead atoms. The van der Waals surface area contributed by atoms with Crippen LogP contribution in [0.25, 0.3) is 0 Å². The molecule has 1 aliphatic rings. The summed E-state index contributed by atoms with van der Waals surface area (Å²) in [5.41, 5.74) is 0.547. The minimum absolute atomic E-state index is 0.0515. The van der Waals surface area contributed by atoms with Crippen molar-refractivity contribution in [3.05, 3.63) is 32.8 Å². The van der Waals surface area contributed by atoms with Crippen LogP contribution in [0.2, 0.25) is 5.02 Å². The number of fused-ring (bicyclic) bond motifs is 1. The van der Waals surface area contributed by atoms with Crippen LogP contribution in [0.4, 0.5) is 5.69 Å². The molecule has 16 heavy (non-hydrogen) atoms. The van der Waals surface area contributed by atoms with Gasteiger partial charge >= 0.3 is 0 Å². The van der Waals surface area contributed by atoms with E-state index in [1.807, 2.05) is 13.8 Å². The third kappa shape index (κ3) is 1.73. The molecule has 1 heterocycles. The summed E-state index contributed by atoms with van der Waals surface area (Å²) in [6.45, 7) is 4.02. The Balaban J connectivity index is 2.45. The average molecular weight is 242 g/mol. The van der Waals surface area contributed by atoms with Crippen LogP contribution in [-0.2, 0) is 6.42 Å². The largest absolute Gasteiger partial charge is 0.487 e. The van der Waals surface area contributed by atoms with Gasteiger partial charge in [0, 0.05) is 24.1 Å². The Hall–Kier alpha value is -1.29. The standard InChI is InChI=1S/C11H12ClNO3/c1-3-11(2)6-7-4-9(13(14)15)8(12)5-10(7)16-11/h4-5H,3,6H2,1-2H3. The van der Waals surface area contributed by atoms with E-state index in [1.165, 1.54) is 12.1 Å². The van der Waals surface area contributed by atoms with Crippen molar-refractivity contribution in [2.24, 2.45) is 0 Å². The zero-order chi connectivity index (χ0) is 11.9. The van der Waals surface area contributed by atoms with Crippen LogP contribution in [0.3, 0.4) is 0 Å². The number of rotatable bonds is 2. The molecule has 5 heteroatoms. The van der Waals surface area contributed by atoms with Gasteiger partial charge in [0.1, 0.15) is 16.4 Å². The molecule has 0 aliphatic carbocycles. The predicted octanol–water partition coefficient (Wildman–Crippen LogP) is 3.35. The maximum absolute atomic E-state index is 10.7. The van der Waals surface area contributed by atoms with Crippen LogP contribution in [0.5, 0.6) is 5.75 Å². The molecule has 86 valence electrons. The number of nitro benzene ring substituents is 1. The van der Waals surface area contributed by atoms with Crippen LogP contribution >= 0.6 is 11.6 Å². The van der Waals surface area contributed by atoms with E-state index in [0.29, 0.717) is 12.2 Å². The van der Waals surface area contributed by atoms with E-state index < -0.39 is 4.92 Å². The molecule has 1 aliphatic heterocycles. The molecule has 4 nitrogen and oxygen atoms in total. The zero-order valence-electron chi connectivity index (χ0n) is 9.12. The lowest BCUT2D eigenvalue weighted by atomic mass is 9.96. The minimum Gasteiger partial charge on any atom is -0.487 e. The van der Waals surface area contributed by atoms with Gasteiger partial charge in [-0.3, -0.25) is 10.1 Å². The number of hydrogen-bond acceptors (Lipinski definition) is 3. The van der Waals surface area contributed by atoms with Crippen LogP contribution in [-0.4, -0.2) is 10.5 Å². The lowest BCUT2D eigenvalue weighted by Gasteiger charge is -2.21. The highest BCUT2D eigenvalue weighted by Crippen LogP contribution is 2.41. The van der Waals surface area contributed by atoms with Gasteiger partial charge in [-0.05, 0) is 13.3 Å². The number of benzene rings is 1. The summed E-state index contributed by atoms with van der Waals surface area (Å²) in [5, 5.41) is 10.9. The van der Waals surface area contributed by atoms with Gasteiger partial charge in [-0.15, -0.1) is 0 Å². The number of hydrogen-bond donors (Lipinski definition) is 0. The van der Waals surface area contributed by atoms with Crippen molar-refractivity contribution < 1.29 is 9.66 Å². The molecule has 0 spiro atoms. The summed E-state index contributed by atoms with van der Waals surface area (Å²) < 4.78 is 5.75. The fourth-order valence-corrected chi connectivity index (χ4v) is 2.08. The van der Waals surface area contributed by atoms with Crippen molar-refractivity contribution in [2.45, 2.75) is 32.3 Å². The predicted molar refractivity (Wildman–Crippen MR) is 61.1 cm³/mol. The molecule has 0 amide bonds. The van der Waals surface area contributed by atoms with Crippen molar-refractivity contribution in [3.8, 4) is 5.75 Å². The zero-order valence-corrected chi connectivity index (χ0v) is 9.87. The van der Waals surface area contributed by atoms with E-state index in [2.05, 4.69) is 0 Å². The second-order valence-electron chi connectivity index (χ2n) is 4.25. The molecule has 1 atom stereocenters. The molecule has 1 aromatic rings. The first kappa shape index (κ1) is 11.2. The summed E-state index contributed by atoms with van der Waals surface area (Å²) in [6.07, 6.45) is 1.55. The van der Waals surface area contributed by atoms with Gasteiger partial charge in [0.05, 0.1) is 4.92 Å². The second kappa shape index (κ2) is 3.63. The Labute approximate surface area is 98.3 Å². The van der Waals surface area contributed by atoms with Crippen molar-refractivity contribution in [1.82, 2.24) is 0 Å². The van der Waals surface area contributed by atoms with Crippen LogP contribution in [0.15, 0.2) is 12.1 Å². The summed E-state index contributed by atoms with van der Waals surface area (Å²) in [6, 6.07) is 3.05. The van der Waals surface area contributed by atoms with Gasteiger partial charge < -0.3 is 4.74 Å². The van der Waals surface area contributed by atoms with Gasteiger partial charge in [0.15, 0.2) is 0 Å². The highest BCUT2D eigenvalue weighted by Gasteiger charge is 2.35. The molecule has 2 rings (SSSR count). The second-order valence-corrected chi connectivity index (χ2v) is 4.66. The number of nitrogens with zero attached hydrogens (tertiary/aromatic N) is 1. The molecule has 0 saturated carbocycles. The molecule has 0 saturated heterocycles. The Kier molecular flexibility index (Phi) is 2.54. The van der Waals surface area contributed by atoms with E-state index in [1.54, 1.807) is 0 Å². The van der Waals surface area contributed by atoms with Gasteiger partial charge in [-0.2, -0.15) is 0 Å². The highest BCUT2D eigenvalue weighted by molar-refractivity contribution is 6.32. The Morgan fingerprint density at radius 2 is 2.31 bits per heavy atom. The minimum atomic E-state index is -0.468. The number of nitro groups is 1. The van der Waals surface area contributed by atoms with Crippen molar-refractivity contribution in [2.75, 3.05) is 0 Å². The monoisotopic (exact) mass is 241 g/mol. The van der Waals surface area contributed by atoms with Crippen LogP contribution in [0, 0.1) is 10.1 Å². The SMILES string of the molecule is CCC1(C)Cc2cc([N+](=O)[O-])c(Cl)cc2O1. The lowest BCUT2D eigenvalue weighted by Crippen LogP contribution is -2.28. The molecule has 0 N–H and O–H groups in total. The molecule has 0 aromatic heterocycles. The average Bonchev–Trinajstić information content (AvgIpc) is 2.53. The molecular weight excluding hydrogens is 230 g/mol. The topological polar surface area (TPSA) is 52.4 Å². The third-order valence-electron chi connectivity index (χ3n) is 3.00. The first-order valence-electron chi connectivity index (χ1n) is 5.11. The van der Waals surface area contributed by atoms with Crippen LogP contribution in [0.1, 0.15) is 25.8 Å². The fourth-order valence-electron chi connectivity index (χ4n) is 1.86. The van der Waals surface area contributed by atoms with Crippen molar-refractivity contribution in [3.63, 3.8) is 0 Å². The molecular formula is C11H12ClNO3. The van der Waals surface area contributed by atoms with E-state index in [0.717, 1.165) is 12.0 Å². The first-order chi connectivity index (χ1) is 7.45. The number of ether oxygens (including phenoxy) is 1. The van der Waals surface area contributed by atoms with E-state index >= 15 is 0 Å². The molecule has 1 unspecified atom stereocenters. The van der Waals surface area contributed by atoms with Crippen LogP contribution < -0.4 is 4.74 Å². The van der Waals surface area contributed by atoms with Crippen molar-refractivity contribution >= 4 is 17.3 Å². The highest BCUT2D eigenvalue weighted by atomic mass is 35.5. The summed E-state index contributed by atoms with van der Waals surface area (Å²) in [4.78, 5) is 10.3. The van der Waals surface area contributed by atoms with Gasteiger partial charge in [0.25, 0.3) is 5.69 Å². The maximum atomic E-state index is 10.7. The summed E-state index contributed by atoms with van der Waals surface area (Å²) in [5.74, 6) is 0.667. The molecule has 0 radical (unpaired) electrons.